The normalized spacial score (nSPS) is 17.6. The lowest BCUT2D eigenvalue weighted by molar-refractivity contribution is -0.223. The number of carboxylic acid groups (broad SMARTS) is 2. The molecule has 0 heterocycles. The van der Waals surface area contributed by atoms with Crippen LogP contribution in [0.25, 0.3) is 0 Å². The first kappa shape index (κ1) is 14.6. The van der Waals surface area contributed by atoms with Gasteiger partial charge in [-0.2, -0.15) is 13.2 Å². The van der Waals surface area contributed by atoms with Crippen LogP contribution in [0, 0.1) is 5.92 Å². The van der Waals surface area contributed by atoms with Crippen LogP contribution < -0.4 is 5.73 Å². The maximum Gasteiger partial charge on any atom is 0.415 e. The van der Waals surface area contributed by atoms with Crippen molar-refractivity contribution in [3.63, 3.8) is 0 Å². The summed E-state index contributed by atoms with van der Waals surface area (Å²) < 4.78 is 36.0. The molecule has 6 nitrogen and oxygen atoms in total. The molecule has 0 aliphatic carbocycles. The first-order chi connectivity index (χ1) is 7.07. The minimum absolute atomic E-state index is 1.01. The maximum atomic E-state index is 12.0. The van der Waals surface area contributed by atoms with Crippen molar-refractivity contribution in [1.29, 1.82) is 0 Å². The number of alkyl halides is 3. The molecule has 3 unspecified atom stereocenters. The molecule has 0 amide bonds. The molecule has 3 atom stereocenters. The Bertz CT molecular complexity index is 280. The van der Waals surface area contributed by atoms with Gasteiger partial charge in [0, 0.05) is 0 Å². The predicted molar refractivity (Wildman–Crippen MR) is 43.4 cm³/mol. The molecule has 94 valence electrons. The van der Waals surface area contributed by atoms with Crippen LogP contribution in [0.4, 0.5) is 13.2 Å². The van der Waals surface area contributed by atoms with Gasteiger partial charge in [-0.1, -0.05) is 0 Å². The van der Waals surface area contributed by atoms with Crippen molar-refractivity contribution >= 4 is 11.9 Å². The van der Waals surface area contributed by atoms with E-state index in [2.05, 4.69) is 0 Å². The van der Waals surface area contributed by atoms with E-state index < -0.39 is 42.6 Å². The van der Waals surface area contributed by atoms with Gasteiger partial charge in [0.1, 0.15) is 6.04 Å². The molecule has 0 bridgehead atoms. The molecule has 0 aromatic carbocycles. The van der Waals surface area contributed by atoms with E-state index in [4.69, 9.17) is 21.1 Å². The second-order valence-corrected chi connectivity index (χ2v) is 3.11. The van der Waals surface area contributed by atoms with E-state index in [1.54, 1.807) is 0 Å². The number of hydrogen-bond donors (Lipinski definition) is 4. The van der Waals surface area contributed by atoms with Crippen LogP contribution in [0.2, 0.25) is 0 Å². The fourth-order valence-corrected chi connectivity index (χ4v) is 0.967. The monoisotopic (exact) mass is 245 g/mol. The molecule has 0 aliphatic heterocycles. The predicted octanol–water partition coefficient (Wildman–Crippen LogP) is -0.588. The smallest absolute Gasteiger partial charge is 0.415 e. The Morgan fingerprint density at radius 2 is 1.62 bits per heavy atom. The van der Waals surface area contributed by atoms with Crippen LogP contribution in [-0.4, -0.2) is 45.6 Å². The van der Waals surface area contributed by atoms with Crippen LogP contribution in [0.3, 0.4) is 0 Å². The van der Waals surface area contributed by atoms with Crippen LogP contribution >= 0.6 is 0 Å². The molecule has 0 fully saturated rings. The van der Waals surface area contributed by atoms with Crippen LogP contribution in [0.1, 0.15) is 6.42 Å². The second kappa shape index (κ2) is 5.12. The van der Waals surface area contributed by atoms with Gasteiger partial charge >= 0.3 is 18.1 Å². The van der Waals surface area contributed by atoms with Gasteiger partial charge in [0.15, 0.2) is 6.10 Å². The molecule has 9 heteroatoms. The molecule has 0 aromatic heterocycles. The summed E-state index contributed by atoms with van der Waals surface area (Å²) in [5, 5.41) is 25.4. The Hall–Kier alpha value is -1.35. The second-order valence-electron chi connectivity index (χ2n) is 3.11. The van der Waals surface area contributed by atoms with Gasteiger partial charge in [0.25, 0.3) is 0 Å². The molecule has 5 N–H and O–H groups in total. The molecule has 0 saturated carbocycles. The van der Waals surface area contributed by atoms with E-state index in [9.17, 15) is 22.8 Å². The van der Waals surface area contributed by atoms with E-state index in [1.165, 1.54) is 0 Å². The van der Waals surface area contributed by atoms with Crippen LogP contribution in [0.15, 0.2) is 0 Å². The molecule has 0 spiro atoms. The Morgan fingerprint density at radius 3 is 1.88 bits per heavy atom. The summed E-state index contributed by atoms with van der Waals surface area (Å²) in [6.45, 7) is 0. The zero-order chi connectivity index (χ0) is 13.1. The number of hydrogen-bond acceptors (Lipinski definition) is 4. The highest BCUT2D eigenvalue weighted by Crippen LogP contribution is 2.28. The number of halogens is 3. The van der Waals surface area contributed by atoms with Gasteiger partial charge in [-0.15, -0.1) is 0 Å². The average Bonchev–Trinajstić information content (AvgIpc) is 2.10. The molecule has 0 saturated heterocycles. The number of aliphatic carboxylic acids is 2. The number of aliphatic hydroxyl groups is 1. The largest absolute Gasteiger partial charge is 0.481 e. The molecular formula is C7H10F3NO5. The lowest BCUT2D eigenvalue weighted by atomic mass is 9.94. The van der Waals surface area contributed by atoms with Crippen molar-refractivity contribution in [3.05, 3.63) is 0 Å². The Balaban J connectivity index is 4.76. The van der Waals surface area contributed by atoms with Crippen molar-refractivity contribution in [3.8, 4) is 0 Å². The van der Waals surface area contributed by atoms with Gasteiger partial charge in [0.2, 0.25) is 0 Å². The minimum Gasteiger partial charge on any atom is -0.481 e. The number of nitrogens with two attached hydrogens (primary N) is 1. The van der Waals surface area contributed by atoms with Crippen molar-refractivity contribution in [2.45, 2.75) is 24.7 Å². The third kappa shape index (κ3) is 4.03. The fourth-order valence-electron chi connectivity index (χ4n) is 0.967. The van der Waals surface area contributed by atoms with Crippen LogP contribution in [-0.2, 0) is 9.59 Å². The molecule has 0 aromatic rings. The van der Waals surface area contributed by atoms with Crippen LogP contribution in [0.5, 0.6) is 0 Å². The molecule has 0 aliphatic rings. The minimum atomic E-state index is -5.14. The molecule has 16 heavy (non-hydrogen) atoms. The van der Waals surface area contributed by atoms with Crippen molar-refractivity contribution in [1.82, 2.24) is 0 Å². The maximum absolute atomic E-state index is 12.0. The quantitative estimate of drug-likeness (QED) is 0.513. The topological polar surface area (TPSA) is 121 Å². The highest BCUT2D eigenvalue weighted by molar-refractivity contribution is 5.76. The SMILES string of the molecule is NC(CC(C(=O)O)C(O)C(F)(F)F)C(=O)O. The fraction of sp³-hybridized carbons (Fsp3) is 0.714. The summed E-state index contributed by atoms with van der Waals surface area (Å²) in [4.78, 5) is 20.7. The number of carboxylic acids is 2. The van der Waals surface area contributed by atoms with Gasteiger partial charge < -0.3 is 21.1 Å². The summed E-state index contributed by atoms with van der Waals surface area (Å²) in [6.07, 6.45) is -9.29. The standard InChI is InChI=1S/C7H10F3NO5/c8-7(9,10)4(12)2(5(13)14)1-3(11)6(15)16/h2-4,12H,1,11H2,(H,13,14)(H,15,16). The van der Waals surface area contributed by atoms with Gasteiger partial charge in [0.05, 0.1) is 5.92 Å². The molecular weight excluding hydrogens is 235 g/mol. The van der Waals surface area contributed by atoms with Gasteiger partial charge in [-0.05, 0) is 6.42 Å². The number of carbonyl (C=O) groups is 2. The van der Waals surface area contributed by atoms with Gasteiger partial charge in [-0.3, -0.25) is 9.59 Å². The number of rotatable bonds is 5. The van der Waals surface area contributed by atoms with Crippen molar-refractivity contribution < 1.29 is 38.1 Å². The Kier molecular flexibility index (Phi) is 4.69. The Morgan fingerprint density at radius 1 is 1.19 bits per heavy atom. The van der Waals surface area contributed by atoms with E-state index in [1.807, 2.05) is 0 Å². The average molecular weight is 245 g/mol. The van der Waals surface area contributed by atoms with E-state index in [0.29, 0.717) is 0 Å². The third-order valence-corrected chi connectivity index (χ3v) is 1.86. The number of aliphatic hydroxyl groups excluding tert-OH is 1. The van der Waals surface area contributed by atoms with E-state index >= 15 is 0 Å². The zero-order valence-electron chi connectivity index (χ0n) is 7.81. The first-order valence-corrected chi connectivity index (χ1v) is 4.03. The summed E-state index contributed by atoms with van der Waals surface area (Å²) in [7, 11) is 0. The van der Waals surface area contributed by atoms with Gasteiger partial charge in [-0.25, -0.2) is 0 Å². The molecule has 0 radical (unpaired) electrons. The summed E-state index contributed by atoms with van der Waals surface area (Å²) >= 11 is 0. The molecule has 0 rings (SSSR count). The summed E-state index contributed by atoms with van der Waals surface area (Å²) in [6, 6.07) is -1.78. The highest BCUT2D eigenvalue weighted by Gasteiger charge is 2.47. The summed E-state index contributed by atoms with van der Waals surface area (Å²) in [5.74, 6) is -5.90. The highest BCUT2D eigenvalue weighted by atomic mass is 19.4. The van der Waals surface area contributed by atoms with Crippen molar-refractivity contribution in [2.24, 2.45) is 11.7 Å². The third-order valence-electron chi connectivity index (χ3n) is 1.86. The summed E-state index contributed by atoms with van der Waals surface area (Å²) in [5.41, 5.74) is 4.89. The lowest BCUT2D eigenvalue weighted by Crippen LogP contribution is -2.44. The van der Waals surface area contributed by atoms with E-state index in [0.717, 1.165) is 0 Å². The van der Waals surface area contributed by atoms with Crippen molar-refractivity contribution in [2.75, 3.05) is 0 Å². The first-order valence-electron chi connectivity index (χ1n) is 4.03. The van der Waals surface area contributed by atoms with E-state index in [-0.39, 0.29) is 0 Å². The lowest BCUT2D eigenvalue weighted by Gasteiger charge is -2.22. The zero-order valence-corrected chi connectivity index (χ0v) is 7.81. The Labute approximate surface area is 87.5 Å².